The van der Waals surface area contributed by atoms with E-state index in [2.05, 4.69) is 27.9 Å². The Kier molecular flexibility index (Phi) is 5.28. The molecule has 1 aliphatic rings. The average Bonchev–Trinajstić information content (AvgIpc) is 2.70. The van der Waals surface area contributed by atoms with E-state index in [1.54, 1.807) is 12.1 Å². The van der Waals surface area contributed by atoms with Gasteiger partial charge in [0, 0.05) is 7.05 Å². The SMILES string of the molecule is CCOc1cc(/C=C2/NC(=O)N(C)C2=O)cc(I)c1OCC. The molecule has 6 nitrogen and oxygen atoms in total. The van der Waals surface area contributed by atoms with Gasteiger partial charge in [0.05, 0.1) is 16.8 Å². The highest BCUT2D eigenvalue weighted by molar-refractivity contribution is 14.1. The second kappa shape index (κ2) is 6.99. The number of nitrogens with one attached hydrogen (secondary N) is 1. The summed E-state index contributed by atoms with van der Waals surface area (Å²) in [7, 11) is 1.44. The standard InChI is InChI=1S/C15H17IN2O4/c1-4-21-12-8-9(6-10(16)13(12)22-5-2)7-11-14(19)18(3)15(20)17-11/h6-8H,4-5H2,1-3H3,(H,17,20)/b11-7+. The van der Waals surface area contributed by atoms with Gasteiger partial charge in [-0.1, -0.05) is 0 Å². The van der Waals surface area contributed by atoms with Gasteiger partial charge in [-0.05, 0) is 60.2 Å². The summed E-state index contributed by atoms with van der Waals surface area (Å²) in [6.45, 7) is 4.85. The molecule has 0 aromatic heterocycles. The first-order valence-corrected chi connectivity index (χ1v) is 7.95. The molecule has 0 bridgehead atoms. The normalized spacial score (nSPS) is 16.2. The molecule has 22 heavy (non-hydrogen) atoms. The van der Waals surface area contributed by atoms with E-state index in [1.807, 2.05) is 19.9 Å². The zero-order valence-electron chi connectivity index (χ0n) is 12.6. The van der Waals surface area contributed by atoms with Gasteiger partial charge in [-0.2, -0.15) is 0 Å². The summed E-state index contributed by atoms with van der Waals surface area (Å²) in [5.41, 5.74) is 1.00. The highest BCUT2D eigenvalue weighted by Gasteiger charge is 2.30. The van der Waals surface area contributed by atoms with Crippen molar-refractivity contribution in [3.05, 3.63) is 27.0 Å². The molecular formula is C15H17IN2O4. The van der Waals surface area contributed by atoms with Crippen molar-refractivity contribution in [3.8, 4) is 11.5 Å². The minimum Gasteiger partial charge on any atom is -0.490 e. The van der Waals surface area contributed by atoms with Crippen LogP contribution in [0, 0.1) is 3.57 Å². The van der Waals surface area contributed by atoms with Crippen LogP contribution >= 0.6 is 22.6 Å². The maximum absolute atomic E-state index is 11.9. The molecule has 1 aromatic carbocycles. The maximum atomic E-state index is 11.9. The number of benzene rings is 1. The first kappa shape index (κ1) is 16.6. The van der Waals surface area contributed by atoms with Crippen molar-refractivity contribution in [3.63, 3.8) is 0 Å². The van der Waals surface area contributed by atoms with Gasteiger partial charge in [0.1, 0.15) is 5.70 Å². The van der Waals surface area contributed by atoms with Crippen LogP contribution in [0.4, 0.5) is 4.79 Å². The third kappa shape index (κ3) is 3.34. The van der Waals surface area contributed by atoms with Crippen LogP contribution in [0.2, 0.25) is 0 Å². The molecule has 1 aliphatic heterocycles. The number of rotatable bonds is 5. The van der Waals surface area contributed by atoms with Crippen molar-refractivity contribution < 1.29 is 19.1 Å². The van der Waals surface area contributed by atoms with E-state index in [4.69, 9.17) is 9.47 Å². The molecule has 7 heteroatoms. The van der Waals surface area contributed by atoms with Gasteiger partial charge in [0.15, 0.2) is 11.5 Å². The molecule has 1 heterocycles. The summed E-state index contributed by atoms with van der Waals surface area (Å²) in [5.74, 6) is 0.950. The molecule has 3 amide bonds. The fourth-order valence-corrected chi connectivity index (χ4v) is 2.79. The second-order valence-electron chi connectivity index (χ2n) is 4.55. The van der Waals surface area contributed by atoms with E-state index in [9.17, 15) is 9.59 Å². The van der Waals surface area contributed by atoms with Crippen LogP contribution in [0.3, 0.4) is 0 Å². The first-order chi connectivity index (χ1) is 10.5. The predicted molar refractivity (Wildman–Crippen MR) is 90.8 cm³/mol. The fraction of sp³-hybridized carbons (Fsp3) is 0.333. The van der Waals surface area contributed by atoms with Gasteiger partial charge in [0.2, 0.25) is 0 Å². The van der Waals surface area contributed by atoms with Crippen molar-refractivity contribution in [2.45, 2.75) is 13.8 Å². The van der Waals surface area contributed by atoms with Crippen molar-refractivity contribution in [2.75, 3.05) is 20.3 Å². The number of amides is 3. The van der Waals surface area contributed by atoms with E-state index in [1.165, 1.54) is 7.05 Å². The molecule has 0 unspecified atom stereocenters. The van der Waals surface area contributed by atoms with Crippen molar-refractivity contribution in [1.29, 1.82) is 0 Å². The molecule has 0 saturated carbocycles. The highest BCUT2D eigenvalue weighted by atomic mass is 127. The molecule has 1 aromatic rings. The third-order valence-corrected chi connectivity index (χ3v) is 3.81. The monoisotopic (exact) mass is 416 g/mol. The Morgan fingerprint density at radius 3 is 2.45 bits per heavy atom. The number of hydrogen-bond acceptors (Lipinski definition) is 4. The molecule has 1 N–H and O–H groups in total. The zero-order valence-corrected chi connectivity index (χ0v) is 14.8. The number of ether oxygens (including phenoxy) is 2. The maximum Gasteiger partial charge on any atom is 0.328 e. The van der Waals surface area contributed by atoms with Crippen LogP contribution in [-0.2, 0) is 4.79 Å². The third-order valence-electron chi connectivity index (χ3n) is 3.01. The summed E-state index contributed by atoms with van der Waals surface area (Å²) in [4.78, 5) is 24.4. The number of halogens is 1. The average molecular weight is 416 g/mol. The molecule has 0 atom stereocenters. The van der Waals surface area contributed by atoms with Crippen LogP contribution in [0.1, 0.15) is 19.4 Å². The van der Waals surface area contributed by atoms with Gasteiger partial charge >= 0.3 is 6.03 Å². The minimum absolute atomic E-state index is 0.245. The smallest absolute Gasteiger partial charge is 0.328 e. The van der Waals surface area contributed by atoms with Crippen LogP contribution < -0.4 is 14.8 Å². The van der Waals surface area contributed by atoms with Gasteiger partial charge in [-0.15, -0.1) is 0 Å². The number of nitrogens with zero attached hydrogens (tertiary/aromatic N) is 1. The summed E-state index contributed by atoms with van der Waals surface area (Å²) in [6, 6.07) is 3.24. The largest absolute Gasteiger partial charge is 0.490 e. The number of urea groups is 1. The first-order valence-electron chi connectivity index (χ1n) is 6.87. The van der Waals surface area contributed by atoms with E-state index in [0.717, 1.165) is 14.0 Å². The quantitative estimate of drug-likeness (QED) is 0.455. The summed E-state index contributed by atoms with van der Waals surface area (Å²) < 4.78 is 12.1. The Balaban J connectivity index is 2.40. The molecule has 1 fully saturated rings. The van der Waals surface area contributed by atoms with Gasteiger partial charge in [-0.3, -0.25) is 9.69 Å². The Morgan fingerprint density at radius 1 is 1.23 bits per heavy atom. The predicted octanol–water partition coefficient (Wildman–Crippen LogP) is 2.61. The van der Waals surface area contributed by atoms with Crippen LogP contribution in [-0.4, -0.2) is 37.1 Å². The zero-order chi connectivity index (χ0) is 16.3. The molecular weight excluding hydrogens is 399 g/mol. The summed E-state index contributed by atoms with van der Waals surface area (Å²) in [6.07, 6.45) is 1.63. The molecule has 0 radical (unpaired) electrons. The highest BCUT2D eigenvalue weighted by Crippen LogP contribution is 2.35. The fourth-order valence-electron chi connectivity index (χ4n) is 2.01. The minimum atomic E-state index is -0.429. The molecule has 118 valence electrons. The summed E-state index contributed by atoms with van der Waals surface area (Å²) in [5, 5.41) is 2.54. The van der Waals surface area contributed by atoms with E-state index in [-0.39, 0.29) is 11.6 Å². The summed E-state index contributed by atoms with van der Waals surface area (Å²) >= 11 is 2.16. The Labute approximate surface area is 142 Å². The van der Waals surface area contributed by atoms with E-state index in [0.29, 0.717) is 24.7 Å². The Hall–Kier alpha value is -1.77. The lowest BCUT2D eigenvalue weighted by Gasteiger charge is -2.13. The van der Waals surface area contributed by atoms with Crippen molar-refractivity contribution in [1.82, 2.24) is 10.2 Å². The molecule has 2 rings (SSSR count). The van der Waals surface area contributed by atoms with Crippen LogP contribution in [0.15, 0.2) is 17.8 Å². The second-order valence-corrected chi connectivity index (χ2v) is 5.71. The number of likely N-dealkylation sites (N-methyl/N-ethyl adjacent to an activating group) is 1. The number of carbonyl (C=O) groups is 2. The van der Waals surface area contributed by atoms with E-state index < -0.39 is 6.03 Å². The van der Waals surface area contributed by atoms with Crippen molar-refractivity contribution in [2.24, 2.45) is 0 Å². The number of carbonyl (C=O) groups excluding carboxylic acids is 2. The Bertz CT molecular complexity index is 643. The molecule has 1 saturated heterocycles. The topological polar surface area (TPSA) is 67.9 Å². The van der Waals surface area contributed by atoms with E-state index >= 15 is 0 Å². The van der Waals surface area contributed by atoms with Crippen LogP contribution in [0.5, 0.6) is 11.5 Å². The lowest BCUT2D eigenvalue weighted by Crippen LogP contribution is -2.25. The lowest BCUT2D eigenvalue weighted by atomic mass is 10.1. The van der Waals surface area contributed by atoms with Crippen LogP contribution in [0.25, 0.3) is 6.08 Å². The molecule has 0 spiro atoms. The number of imide groups is 1. The van der Waals surface area contributed by atoms with Gasteiger partial charge in [-0.25, -0.2) is 4.79 Å². The lowest BCUT2D eigenvalue weighted by molar-refractivity contribution is -0.121. The number of hydrogen-bond donors (Lipinski definition) is 1. The van der Waals surface area contributed by atoms with Crippen molar-refractivity contribution >= 4 is 40.6 Å². The Morgan fingerprint density at radius 2 is 1.91 bits per heavy atom. The van der Waals surface area contributed by atoms with Gasteiger partial charge in [0.25, 0.3) is 5.91 Å². The molecule has 0 aliphatic carbocycles. The van der Waals surface area contributed by atoms with Gasteiger partial charge < -0.3 is 14.8 Å².